The van der Waals surface area contributed by atoms with Gasteiger partial charge in [-0.25, -0.2) is 4.68 Å². The molecule has 0 saturated carbocycles. The van der Waals surface area contributed by atoms with Crippen LogP contribution in [0.3, 0.4) is 0 Å². The summed E-state index contributed by atoms with van der Waals surface area (Å²) < 4.78 is 1.85. The summed E-state index contributed by atoms with van der Waals surface area (Å²) in [6.45, 7) is 6.60. The third kappa shape index (κ3) is 3.93. The highest BCUT2D eigenvalue weighted by atomic mass is 16.1. The zero-order valence-electron chi connectivity index (χ0n) is 19.4. The maximum absolute atomic E-state index is 13.4. The monoisotopic (exact) mass is 455 g/mol. The largest absolute Gasteiger partial charge is 0.322 e. The first kappa shape index (κ1) is 21.2. The van der Waals surface area contributed by atoms with Crippen LogP contribution in [0.2, 0.25) is 0 Å². The van der Waals surface area contributed by atoms with Crippen molar-refractivity contribution in [2.24, 2.45) is 0 Å². The molecule has 4 heterocycles. The first-order valence-corrected chi connectivity index (χ1v) is 12.1. The highest BCUT2D eigenvalue weighted by Gasteiger charge is 2.37. The molecule has 8 heteroatoms. The second-order valence-electron chi connectivity index (χ2n) is 9.55. The van der Waals surface area contributed by atoms with Crippen LogP contribution in [0.25, 0.3) is 10.9 Å². The van der Waals surface area contributed by atoms with Gasteiger partial charge in [0.05, 0.1) is 6.54 Å². The van der Waals surface area contributed by atoms with Crippen LogP contribution < -0.4 is 5.56 Å². The minimum absolute atomic E-state index is 0.0792. The summed E-state index contributed by atoms with van der Waals surface area (Å²) in [6.07, 6.45) is 2.44. The Balaban J connectivity index is 1.46. The van der Waals surface area contributed by atoms with Gasteiger partial charge in [-0.15, -0.1) is 5.10 Å². The van der Waals surface area contributed by atoms with Gasteiger partial charge in [0.25, 0.3) is 5.56 Å². The zero-order valence-corrected chi connectivity index (χ0v) is 19.4. The molecule has 1 N–H and O–H groups in total. The Kier molecular flexibility index (Phi) is 5.47. The van der Waals surface area contributed by atoms with Gasteiger partial charge in [0.2, 0.25) is 0 Å². The Bertz CT molecular complexity index is 1360. The molecule has 8 nitrogen and oxygen atoms in total. The van der Waals surface area contributed by atoms with Crippen LogP contribution in [0.15, 0.2) is 59.4 Å². The molecule has 2 aromatic heterocycles. The smallest absolute Gasteiger partial charge is 0.253 e. The molecular weight excluding hydrogens is 426 g/mol. The van der Waals surface area contributed by atoms with Crippen LogP contribution in [-0.2, 0) is 6.54 Å². The van der Waals surface area contributed by atoms with Crippen LogP contribution in [0.5, 0.6) is 0 Å². The van der Waals surface area contributed by atoms with E-state index in [-0.39, 0.29) is 11.6 Å². The van der Waals surface area contributed by atoms with E-state index in [4.69, 9.17) is 0 Å². The molecule has 2 fully saturated rings. The number of H-pyrrole nitrogens is 1. The maximum atomic E-state index is 13.4. The summed E-state index contributed by atoms with van der Waals surface area (Å²) in [5, 5.41) is 13.9. The normalized spacial score (nSPS) is 20.0. The van der Waals surface area contributed by atoms with Crippen LogP contribution in [-0.4, -0.2) is 67.2 Å². The number of benzene rings is 2. The standard InChI is InChI=1S/C26H29N7O/c1-18-9-10-23-20(14-18)15-22(26(34)27-23)24(32-13-12-31-11-5-8-21(31)17-32)25-28-29-30-33(25)16-19-6-3-2-4-7-19/h2-4,6-7,9-10,14-15,21,24H,5,8,11-13,16-17H2,1H3,(H,27,34)/t21-,24-/m0/s1. The van der Waals surface area contributed by atoms with E-state index in [1.807, 2.05) is 41.1 Å². The molecule has 0 radical (unpaired) electrons. The number of pyridine rings is 1. The average Bonchev–Trinajstić information content (AvgIpc) is 3.50. The number of aryl methyl sites for hydroxylation is 1. The number of tetrazole rings is 1. The molecule has 0 unspecified atom stereocenters. The van der Waals surface area contributed by atoms with Gasteiger partial charge in [-0.3, -0.25) is 14.6 Å². The summed E-state index contributed by atoms with van der Waals surface area (Å²) in [4.78, 5) is 21.5. The Hall–Kier alpha value is -3.36. The van der Waals surface area contributed by atoms with E-state index >= 15 is 0 Å². The summed E-state index contributed by atoms with van der Waals surface area (Å²) >= 11 is 0. The molecule has 0 bridgehead atoms. The lowest BCUT2D eigenvalue weighted by Crippen LogP contribution is -2.52. The second kappa shape index (κ2) is 8.77. The third-order valence-electron chi connectivity index (χ3n) is 7.29. The fraction of sp³-hybridized carbons (Fsp3) is 0.385. The summed E-state index contributed by atoms with van der Waals surface area (Å²) in [6, 6.07) is 18.6. The Labute approximate surface area is 198 Å². The molecule has 2 aliphatic heterocycles. The van der Waals surface area contributed by atoms with E-state index in [0.29, 0.717) is 24.0 Å². The highest BCUT2D eigenvalue weighted by Crippen LogP contribution is 2.31. The maximum Gasteiger partial charge on any atom is 0.253 e. The molecule has 2 aliphatic rings. The number of piperazine rings is 1. The predicted molar refractivity (Wildman–Crippen MR) is 131 cm³/mol. The molecule has 0 aliphatic carbocycles. The van der Waals surface area contributed by atoms with Crippen LogP contribution in [0.1, 0.15) is 41.4 Å². The van der Waals surface area contributed by atoms with E-state index in [9.17, 15) is 4.79 Å². The Morgan fingerprint density at radius 1 is 1.09 bits per heavy atom. The molecule has 0 amide bonds. The van der Waals surface area contributed by atoms with Gasteiger partial charge >= 0.3 is 0 Å². The van der Waals surface area contributed by atoms with Gasteiger partial charge in [-0.2, -0.15) is 0 Å². The lowest BCUT2D eigenvalue weighted by atomic mass is 10.0. The molecular formula is C26H29N7O. The van der Waals surface area contributed by atoms with Crippen molar-refractivity contribution < 1.29 is 0 Å². The third-order valence-corrected chi connectivity index (χ3v) is 7.29. The fourth-order valence-corrected chi connectivity index (χ4v) is 5.57. The molecule has 0 spiro atoms. The number of fused-ring (bicyclic) bond motifs is 2. The first-order valence-electron chi connectivity index (χ1n) is 12.1. The topological polar surface area (TPSA) is 82.9 Å². The summed E-state index contributed by atoms with van der Waals surface area (Å²) in [5.41, 5.74) is 3.76. The van der Waals surface area contributed by atoms with Crippen molar-refractivity contribution in [2.45, 2.75) is 38.4 Å². The minimum Gasteiger partial charge on any atom is -0.322 e. The number of nitrogens with one attached hydrogen (secondary N) is 1. The molecule has 34 heavy (non-hydrogen) atoms. The van der Waals surface area contributed by atoms with Crippen molar-refractivity contribution in [3.8, 4) is 0 Å². The molecule has 2 saturated heterocycles. The van der Waals surface area contributed by atoms with Gasteiger partial charge in [0.1, 0.15) is 6.04 Å². The van der Waals surface area contributed by atoms with Crippen molar-refractivity contribution in [1.29, 1.82) is 0 Å². The quantitative estimate of drug-likeness (QED) is 0.498. The predicted octanol–water partition coefficient (Wildman–Crippen LogP) is 2.74. The van der Waals surface area contributed by atoms with Crippen molar-refractivity contribution in [1.82, 2.24) is 35.0 Å². The fourth-order valence-electron chi connectivity index (χ4n) is 5.57. The van der Waals surface area contributed by atoms with Crippen LogP contribution >= 0.6 is 0 Å². The number of aromatic amines is 1. The number of nitrogens with zero attached hydrogens (tertiary/aromatic N) is 6. The van der Waals surface area contributed by atoms with Crippen LogP contribution in [0.4, 0.5) is 0 Å². The highest BCUT2D eigenvalue weighted by molar-refractivity contribution is 5.79. The molecule has 6 rings (SSSR count). The molecule has 2 aromatic carbocycles. The van der Waals surface area contributed by atoms with Crippen molar-refractivity contribution in [3.05, 3.63) is 87.5 Å². The number of rotatable bonds is 5. The summed E-state index contributed by atoms with van der Waals surface area (Å²) in [7, 11) is 0. The summed E-state index contributed by atoms with van der Waals surface area (Å²) in [5.74, 6) is 0.716. The number of hydrogen-bond acceptors (Lipinski definition) is 6. The van der Waals surface area contributed by atoms with Gasteiger partial charge in [-0.1, -0.05) is 42.0 Å². The van der Waals surface area contributed by atoms with E-state index < -0.39 is 0 Å². The van der Waals surface area contributed by atoms with E-state index in [1.54, 1.807) is 0 Å². The van der Waals surface area contributed by atoms with E-state index in [1.165, 1.54) is 19.4 Å². The second-order valence-corrected chi connectivity index (χ2v) is 9.55. The minimum atomic E-state index is -0.310. The Morgan fingerprint density at radius 2 is 1.97 bits per heavy atom. The van der Waals surface area contributed by atoms with E-state index in [2.05, 4.69) is 55.4 Å². The van der Waals surface area contributed by atoms with Crippen molar-refractivity contribution in [2.75, 3.05) is 26.2 Å². The average molecular weight is 456 g/mol. The lowest BCUT2D eigenvalue weighted by Gasteiger charge is -2.41. The first-order chi connectivity index (χ1) is 16.7. The van der Waals surface area contributed by atoms with Crippen molar-refractivity contribution in [3.63, 3.8) is 0 Å². The van der Waals surface area contributed by atoms with Gasteiger partial charge in [0, 0.05) is 36.8 Å². The molecule has 174 valence electrons. The van der Waals surface area contributed by atoms with Crippen molar-refractivity contribution >= 4 is 10.9 Å². The van der Waals surface area contributed by atoms with Crippen LogP contribution in [0, 0.1) is 6.92 Å². The number of hydrogen-bond donors (Lipinski definition) is 1. The van der Waals surface area contributed by atoms with Gasteiger partial charge in [0.15, 0.2) is 5.82 Å². The van der Waals surface area contributed by atoms with Gasteiger partial charge < -0.3 is 4.98 Å². The Morgan fingerprint density at radius 3 is 2.85 bits per heavy atom. The van der Waals surface area contributed by atoms with E-state index in [0.717, 1.165) is 41.7 Å². The molecule has 4 aromatic rings. The van der Waals surface area contributed by atoms with Gasteiger partial charge in [-0.05, 0) is 65.9 Å². The molecule has 2 atom stereocenters. The number of aromatic nitrogens is 5. The zero-order chi connectivity index (χ0) is 23.1. The lowest BCUT2D eigenvalue weighted by molar-refractivity contribution is 0.0790. The SMILES string of the molecule is Cc1ccc2[nH]c(=O)c([C@@H](c3nnnn3Cc3ccccc3)N3CCN4CCC[C@H]4C3)cc2c1.